The zero-order chi connectivity index (χ0) is 15.9. The predicted molar refractivity (Wildman–Crippen MR) is 81.8 cm³/mol. The van der Waals surface area contributed by atoms with Gasteiger partial charge in [0.05, 0.1) is 10.9 Å². The molecule has 1 saturated carbocycles. The predicted octanol–water partition coefficient (Wildman–Crippen LogP) is 2.84. The smallest absolute Gasteiger partial charge is 0.326 e. The molecule has 0 aromatic heterocycles. The van der Waals surface area contributed by atoms with Gasteiger partial charge in [-0.3, -0.25) is 4.79 Å². The van der Waals surface area contributed by atoms with E-state index in [1.54, 1.807) is 12.1 Å². The lowest BCUT2D eigenvalue weighted by Gasteiger charge is -2.24. The van der Waals surface area contributed by atoms with Crippen LogP contribution in [0, 0.1) is 17.7 Å². The lowest BCUT2D eigenvalue weighted by molar-refractivity contribution is -0.149. The molecule has 1 aliphatic heterocycles. The molecule has 3 rings (SSSR count). The lowest BCUT2D eigenvalue weighted by Crippen LogP contribution is -2.43. The molecule has 1 aliphatic carbocycles. The zero-order valence-electron chi connectivity index (χ0n) is 12.0. The highest BCUT2D eigenvalue weighted by molar-refractivity contribution is 9.10. The van der Waals surface area contributed by atoms with Crippen LogP contribution in [0.2, 0.25) is 0 Å². The number of fused-ring (bicyclic) bond motifs is 1. The van der Waals surface area contributed by atoms with Crippen molar-refractivity contribution >= 4 is 27.8 Å². The minimum Gasteiger partial charge on any atom is -0.480 e. The average Bonchev–Trinajstić information content (AvgIpc) is 3.02. The van der Waals surface area contributed by atoms with Crippen molar-refractivity contribution in [2.75, 3.05) is 6.54 Å². The first kappa shape index (κ1) is 15.5. The van der Waals surface area contributed by atoms with Crippen molar-refractivity contribution in [1.82, 2.24) is 4.90 Å². The maximum atomic E-state index is 13.5. The SMILES string of the molecule is O=C(O)C1C2CCCC2CN1C(=O)Cc1ccc(Br)c(F)c1. The van der Waals surface area contributed by atoms with Crippen LogP contribution in [0.5, 0.6) is 0 Å². The number of hydrogen-bond acceptors (Lipinski definition) is 2. The first-order valence-electron chi connectivity index (χ1n) is 7.43. The third kappa shape index (κ3) is 2.76. The van der Waals surface area contributed by atoms with E-state index in [4.69, 9.17) is 0 Å². The van der Waals surface area contributed by atoms with Crippen molar-refractivity contribution in [3.63, 3.8) is 0 Å². The van der Waals surface area contributed by atoms with Gasteiger partial charge in [-0.1, -0.05) is 12.5 Å². The molecule has 3 unspecified atom stereocenters. The molecule has 118 valence electrons. The minimum absolute atomic E-state index is 0.0351. The fraction of sp³-hybridized carbons (Fsp3) is 0.500. The summed E-state index contributed by atoms with van der Waals surface area (Å²) in [5.41, 5.74) is 0.562. The largest absolute Gasteiger partial charge is 0.480 e. The molecule has 1 N–H and O–H groups in total. The van der Waals surface area contributed by atoms with E-state index in [0.717, 1.165) is 19.3 Å². The highest BCUT2D eigenvalue weighted by Crippen LogP contribution is 2.42. The number of likely N-dealkylation sites (tertiary alicyclic amines) is 1. The van der Waals surface area contributed by atoms with E-state index in [1.165, 1.54) is 11.0 Å². The van der Waals surface area contributed by atoms with Crippen LogP contribution in [-0.2, 0) is 16.0 Å². The monoisotopic (exact) mass is 369 g/mol. The highest BCUT2D eigenvalue weighted by Gasteiger charge is 2.49. The molecule has 2 fully saturated rings. The van der Waals surface area contributed by atoms with Crippen molar-refractivity contribution in [3.8, 4) is 0 Å². The average molecular weight is 370 g/mol. The third-order valence-electron chi connectivity index (χ3n) is 4.80. The number of halogens is 2. The van der Waals surface area contributed by atoms with Gasteiger partial charge in [-0.2, -0.15) is 0 Å². The van der Waals surface area contributed by atoms with E-state index in [0.29, 0.717) is 22.5 Å². The van der Waals surface area contributed by atoms with Crippen molar-refractivity contribution in [3.05, 3.63) is 34.1 Å². The molecule has 4 nitrogen and oxygen atoms in total. The van der Waals surface area contributed by atoms with Crippen LogP contribution in [0.25, 0.3) is 0 Å². The molecule has 1 aromatic carbocycles. The second kappa shape index (κ2) is 5.99. The summed E-state index contributed by atoms with van der Waals surface area (Å²) >= 11 is 3.08. The second-order valence-electron chi connectivity index (χ2n) is 6.11. The topological polar surface area (TPSA) is 57.6 Å². The molecular formula is C16H17BrFNO3. The Morgan fingerprint density at radius 3 is 2.82 bits per heavy atom. The number of hydrogen-bond donors (Lipinski definition) is 1. The van der Waals surface area contributed by atoms with Crippen molar-refractivity contribution in [2.24, 2.45) is 11.8 Å². The molecule has 0 spiro atoms. The zero-order valence-corrected chi connectivity index (χ0v) is 13.6. The van der Waals surface area contributed by atoms with Gasteiger partial charge in [-0.25, -0.2) is 9.18 Å². The van der Waals surface area contributed by atoms with Crippen molar-refractivity contribution < 1.29 is 19.1 Å². The summed E-state index contributed by atoms with van der Waals surface area (Å²) in [6.07, 6.45) is 2.94. The van der Waals surface area contributed by atoms with Crippen LogP contribution >= 0.6 is 15.9 Å². The van der Waals surface area contributed by atoms with Crippen molar-refractivity contribution in [2.45, 2.75) is 31.7 Å². The van der Waals surface area contributed by atoms with Gasteiger partial charge in [-0.15, -0.1) is 0 Å². The first-order valence-corrected chi connectivity index (χ1v) is 8.23. The second-order valence-corrected chi connectivity index (χ2v) is 6.96. The normalized spacial score (nSPS) is 27.0. The van der Waals surface area contributed by atoms with E-state index in [-0.39, 0.29) is 18.2 Å². The van der Waals surface area contributed by atoms with Gasteiger partial charge in [0.2, 0.25) is 5.91 Å². The van der Waals surface area contributed by atoms with Gasteiger partial charge >= 0.3 is 5.97 Å². The number of carbonyl (C=O) groups excluding carboxylic acids is 1. The Morgan fingerprint density at radius 2 is 2.14 bits per heavy atom. The molecule has 0 radical (unpaired) electrons. The Bertz CT molecular complexity index is 621. The van der Waals surface area contributed by atoms with E-state index in [2.05, 4.69) is 15.9 Å². The standard InChI is InChI=1S/C16H17BrFNO3/c17-12-5-4-9(6-13(12)18)7-14(20)19-8-10-2-1-3-11(10)15(19)16(21)22/h4-6,10-11,15H,1-3,7-8H2,(H,21,22). The first-order chi connectivity index (χ1) is 10.5. The van der Waals surface area contributed by atoms with Crippen LogP contribution in [0.1, 0.15) is 24.8 Å². The fourth-order valence-corrected chi connectivity index (χ4v) is 4.05. The van der Waals surface area contributed by atoms with Gasteiger partial charge in [0.1, 0.15) is 11.9 Å². The Balaban J connectivity index is 1.76. The molecular weight excluding hydrogens is 353 g/mol. The van der Waals surface area contributed by atoms with Crippen LogP contribution in [-0.4, -0.2) is 34.5 Å². The van der Waals surface area contributed by atoms with E-state index in [1.807, 2.05) is 0 Å². The summed E-state index contributed by atoms with van der Waals surface area (Å²) in [7, 11) is 0. The van der Waals surface area contributed by atoms with Crippen LogP contribution < -0.4 is 0 Å². The number of aliphatic carboxylic acids is 1. The molecule has 1 aromatic rings. The molecule has 6 heteroatoms. The van der Waals surface area contributed by atoms with Crippen molar-refractivity contribution in [1.29, 1.82) is 0 Å². The molecule has 1 amide bonds. The summed E-state index contributed by atoms with van der Waals surface area (Å²) in [5.74, 6) is -1.21. The molecule has 1 saturated heterocycles. The number of nitrogens with zero attached hydrogens (tertiary/aromatic N) is 1. The van der Waals surface area contributed by atoms with Gasteiger partial charge < -0.3 is 10.0 Å². The van der Waals surface area contributed by atoms with Gasteiger partial charge in [0.15, 0.2) is 0 Å². The summed E-state index contributed by atoms with van der Waals surface area (Å²) in [6.45, 7) is 0.513. The Labute approximate surface area is 136 Å². The maximum absolute atomic E-state index is 13.5. The Hall–Kier alpha value is -1.43. The summed E-state index contributed by atoms with van der Waals surface area (Å²) in [4.78, 5) is 25.5. The van der Waals surface area contributed by atoms with E-state index < -0.39 is 17.8 Å². The summed E-state index contributed by atoms with van der Waals surface area (Å²) in [6, 6.07) is 3.83. The number of carboxylic acid groups (broad SMARTS) is 1. The van der Waals surface area contributed by atoms with Gasteiger partial charge in [0, 0.05) is 6.54 Å². The maximum Gasteiger partial charge on any atom is 0.326 e. The summed E-state index contributed by atoms with van der Waals surface area (Å²) in [5, 5.41) is 9.47. The number of carboxylic acids is 1. The lowest BCUT2D eigenvalue weighted by atomic mass is 9.94. The highest BCUT2D eigenvalue weighted by atomic mass is 79.9. The van der Waals surface area contributed by atoms with E-state index >= 15 is 0 Å². The minimum atomic E-state index is -0.926. The summed E-state index contributed by atoms with van der Waals surface area (Å²) < 4.78 is 13.9. The molecule has 2 aliphatic rings. The molecule has 0 bridgehead atoms. The molecule has 22 heavy (non-hydrogen) atoms. The molecule has 1 heterocycles. The van der Waals surface area contributed by atoms with Crippen LogP contribution in [0.4, 0.5) is 4.39 Å². The number of carbonyl (C=O) groups is 2. The van der Waals surface area contributed by atoms with Crippen LogP contribution in [0.3, 0.4) is 0 Å². The number of benzene rings is 1. The number of rotatable bonds is 3. The quantitative estimate of drug-likeness (QED) is 0.890. The third-order valence-corrected chi connectivity index (χ3v) is 5.45. The van der Waals surface area contributed by atoms with Crippen LogP contribution in [0.15, 0.2) is 22.7 Å². The Kier molecular flexibility index (Phi) is 4.21. The number of amides is 1. The fourth-order valence-electron chi connectivity index (χ4n) is 3.80. The van der Waals surface area contributed by atoms with Gasteiger partial charge in [-0.05, 0) is 58.3 Å². The Morgan fingerprint density at radius 1 is 1.36 bits per heavy atom. The van der Waals surface area contributed by atoms with Gasteiger partial charge in [0.25, 0.3) is 0 Å². The van der Waals surface area contributed by atoms with E-state index in [9.17, 15) is 19.1 Å². The molecule has 3 atom stereocenters.